The van der Waals surface area contributed by atoms with Gasteiger partial charge in [-0.25, -0.2) is 0 Å². The van der Waals surface area contributed by atoms with Gasteiger partial charge in [0.25, 0.3) is 0 Å². The number of unbranched alkanes of at least 4 members (excludes halogenated alkanes) is 1. The molecule has 0 spiro atoms. The van der Waals surface area contributed by atoms with Crippen LogP contribution in [0.2, 0.25) is 0 Å². The SMILES string of the molecule is CCCCNC(=O)C(CC)N(Cc1ccc(C)cc1)C(=O)CSCc1cccc(C)c1. The minimum Gasteiger partial charge on any atom is -0.354 e. The van der Waals surface area contributed by atoms with Crippen LogP contribution in [0.5, 0.6) is 0 Å². The first-order valence-electron chi connectivity index (χ1n) is 11.2. The van der Waals surface area contributed by atoms with E-state index >= 15 is 0 Å². The third-order valence-corrected chi connectivity index (χ3v) is 6.25. The molecule has 0 saturated carbocycles. The number of nitrogens with one attached hydrogen (secondary N) is 1. The molecule has 0 aliphatic heterocycles. The van der Waals surface area contributed by atoms with E-state index in [2.05, 4.69) is 37.4 Å². The molecule has 0 aromatic heterocycles. The fraction of sp³-hybridized carbons (Fsp3) is 0.462. The van der Waals surface area contributed by atoms with E-state index < -0.39 is 6.04 Å². The van der Waals surface area contributed by atoms with Crippen LogP contribution in [0.4, 0.5) is 0 Å². The number of carbonyl (C=O) groups is 2. The summed E-state index contributed by atoms with van der Waals surface area (Å²) in [6.07, 6.45) is 2.57. The molecule has 1 N–H and O–H groups in total. The fourth-order valence-corrected chi connectivity index (χ4v) is 4.31. The third-order valence-electron chi connectivity index (χ3n) is 5.27. The molecule has 1 unspecified atom stereocenters. The first kappa shape index (κ1) is 25.0. The highest BCUT2D eigenvalue weighted by Crippen LogP contribution is 2.18. The molecule has 0 heterocycles. The van der Waals surface area contributed by atoms with Crippen molar-refractivity contribution < 1.29 is 9.59 Å². The van der Waals surface area contributed by atoms with Crippen LogP contribution in [-0.4, -0.2) is 35.1 Å². The topological polar surface area (TPSA) is 49.4 Å². The van der Waals surface area contributed by atoms with Gasteiger partial charge in [-0.1, -0.05) is 79.9 Å². The molecular weight excluding hydrogens is 404 g/mol. The molecule has 2 amide bonds. The predicted molar refractivity (Wildman–Crippen MR) is 131 cm³/mol. The largest absolute Gasteiger partial charge is 0.354 e. The molecule has 0 aliphatic rings. The molecule has 2 rings (SSSR count). The number of hydrogen-bond donors (Lipinski definition) is 1. The summed E-state index contributed by atoms with van der Waals surface area (Å²) in [5, 5.41) is 3.01. The molecule has 0 aliphatic carbocycles. The summed E-state index contributed by atoms with van der Waals surface area (Å²) in [5.41, 5.74) is 4.66. The maximum Gasteiger partial charge on any atom is 0.242 e. The van der Waals surface area contributed by atoms with E-state index in [0.29, 0.717) is 25.3 Å². The molecule has 2 aromatic carbocycles. The first-order valence-corrected chi connectivity index (χ1v) is 12.4. The van der Waals surface area contributed by atoms with Crippen molar-refractivity contribution in [3.63, 3.8) is 0 Å². The minimum atomic E-state index is -0.453. The van der Waals surface area contributed by atoms with Gasteiger partial charge in [0.05, 0.1) is 5.75 Å². The van der Waals surface area contributed by atoms with Gasteiger partial charge in [-0.15, -0.1) is 11.8 Å². The van der Waals surface area contributed by atoms with E-state index in [1.807, 2.05) is 44.2 Å². The van der Waals surface area contributed by atoms with Crippen LogP contribution in [0.15, 0.2) is 48.5 Å². The highest BCUT2D eigenvalue weighted by Gasteiger charge is 2.28. The highest BCUT2D eigenvalue weighted by molar-refractivity contribution is 7.99. The lowest BCUT2D eigenvalue weighted by Crippen LogP contribution is -2.49. The zero-order chi connectivity index (χ0) is 22.6. The molecule has 0 bridgehead atoms. The zero-order valence-electron chi connectivity index (χ0n) is 19.3. The van der Waals surface area contributed by atoms with Crippen molar-refractivity contribution >= 4 is 23.6 Å². The molecule has 168 valence electrons. The Morgan fingerprint density at radius 3 is 2.39 bits per heavy atom. The van der Waals surface area contributed by atoms with Crippen LogP contribution in [0.1, 0.15) is 55.4 Å². The second-order valence-electron chi connectivity index (χ2n) is 8.06. The van der Waals surface area contributed by atoms with Gasteiger partial charge in [-0.2, -0.15) is 0 Å². The summed E-state index contributed by atoms with van der Waals surface area (Å²) in [6.45, 7) is 9.29. The van der Waals surface area contributed by atoms with E-state index in [9.17, 15) is 9.59 Å². The van der Waals surface area contributed by atoms with E-state index in [0.717, 1.165) is 24.2 Å². The Hall–Kier alpha value is -2.27. The van der Waals surface area contributed by atoms with Gasteiger partial charge in [-0.05, 0) is 37.8 Å². The average Bonchev–Trinajstić information content (AvgIpc) is 2.75. The second-order valence-corrected chi connectivity index (χ2v) is 9.04. The molecule has 0 fully saturated rings. The quantitative estimate of drug-likeness (QED) is 0.458. The minimum absolute atomic E-state index is 0.00993. The van der Waals surface area contributed by atoms with Crippen LogP contribution >= 0.6 is 11.8 Å². The Kier molecular flexibility index (Phi) is 10.6. The number of amides is 2. The number of rotatable bonds is 12. The molecular formula is C26H36N2O2S. The normalized spacial score (nSPS) is 11.7. The van der Waals surface area contributed by atoms with Crippen molar-refractivity contribution in [3.05, 3.63) is 70.8 Å². The van der Waals surface area contributed by atoms with Crippen LogP contribution in [-0.2, 0) is 21.9 Å². The second kappa shape index (κ2) is 13.2. The van der Waals surface area contributed by atoms with Crippen LogP contribution in [0.25, 0.3) is 0 Å². The van der Waals surface area contributed by atoms with Gasteiger partial charge < -0.3 is 10.2 Å². The van der Waals surface area contributed by atoms with Crippen LogP contribution < -0.4 is 5.32 Å². The Morgan fingerprint density at radius 2 is 1.74 bits per heavy atom. The number of benzene rings is 2. The van der Waals surface area contributed by atoms with Crippen molar-refractivity contribution in [3.8, 4) is 0 Å². The van der Waals surface area contributed by atoms with E-state index in [1.165, 1.54) is 16.7 Å². The lowest BCUT2D eigenvalue weighted by molar-refractivity contribution is -0.139. The third kappa shape index (κ3) is 8.41. The highest BCUT2D eigenvalue weighted by atomic mass is 32.2. The maximum atomic E-state index is 13.2. The average molecular weight is 441 g/mol. The molecule has 0 radical (unpaired) electrons. The van der Waals surface area contributed by atoms with Gasteiger partial charge in [0.1, 0.15) is 6.04 Å². The molecule has 31 heavy (non-hydrogen) atoms. The molecule has 5 heteroatoms. The van der Waals surface area contributed by atoms with Crippen LogP contribution in [0.3, 0.4) is 0 Å². The summed E-state index contributed by atoms with van der Waals surface area (Å²) in [7, 11) is 0. The summed E-state index contributed by atoms with van der Waals surface area (Å²) in [4.78, 5) is 27.9. The summed E-state index contributed by atoms with van der Waals surface area (Å²) >= 11 is 1.60. The van der Waals surface area contributed by atoms with Crippen molar-refractivity contribution in [2.24, 2.45) is 0 Å². The number of carbonyl (C=O) groups excluding carboxylic acids is 2. The Morgan fingerprint density at radius 1 is 1.00 bits per heavy atom. The van der Waals surface area contributed by atoms with Crippen molar-refractivity contribution in [2.45, 2.75) is 65.3 Å². The number of nitrogens with zero attached hydrogens (tertiary/aromatic N) is 1. The van der Waals surface area contributed by atoms with Crippen molar-refractivity contribution in [2.75, 3.05) is 12.3 Å². The fourth-order valence-electron chi connectivity index (χ4n) is 3.46. The van der Waals surface area contributed by atoms with E-state index in [-0.39, 0.29) is 11.8 Å². The summed E-state index contributed by atoms with van der Waals surface area (Å²) < 4.78 is 0. The Labute approximate surface area is 191 Å². The van der Waals surface area contributed by atoms with E-state index in [1.54, 1.807) is 16.7 Å². The first-order chi connectivity index (χ1) is 14.9. The van der Waals surface area contributed by atoms with Gasteiger partial charge in [0.15, 0.2) is 0 Å². The molecule has 0 saturated heterocycles. The maximum absolute atomic E-state index is 13.2. The summed E-state index contributed by atoms with van der Waals surface area (Å²) in [5.74, 6) is 1.10. The van der Waals surface area contributed by atoms with Gasteiger partial charge in [0, 0.05) is 18.8 Å². The Balaban J connectivity index is 2.09. The van der Waals surface area contributed by atoms with Crippen molar-refractivity contribution in [1.29, 1.82) is 0 Å². The van der Waals surface area contributed by atoms with Crippen molar-refractivity contribution in [1.82, 2.24) is 10.2 Å². The van der Waals surface area contributed by atoms with E-state index in [4.69, 9.17) is 0 Å². The van der Waals surface area contributed by atoms with Crippen LogP contribution in [0, 0.1) is 13.8 Å². The zero-order valence-corrected chi connectivity index (χ0v) is 20.1. The summed E-state index contributed by atoms with van der Waals surface area (Å²) in [6, 6.07) is 16.1. The standard InChI is InChI=1S/C26H36N2O2S/c1-5-7-15-27-26(30)24(6-2)28(17-22-13-11-20(3)12-14-22)25(29)19-31-18-23-10-8-9-21(4)16-23/h8-14,16,24H,5-7,15,17-19H2,1-4H3,(H,27,30). The Bertz CT molecular complexity index is 836. The molecule has 4 nitrogen and oxygen atoms in total. The smallest absolute Gasteiger partial charge is 0.242 e. The number of aryl methyl sites for hydroxylation is 2. The number of hydrogen-bond acceptors (Lipinski definition) is 3. The predicted octanol–water partition coefficient (Wildman–Crippen LogP) is 5.26. The lowest BCUT2D eigenvalue weighted by atomic mass is 10.1. The monoisotopic (exact) mass is 440 g/mol. The lowest BCUT2D eigenvalue weighted by Gasteiger charge is -2.30. The number of thioether (sulfide) groups is 1. The van der Waals surface area contributed by atoms with Gasteiger partial charge in [-0.3, -0.25) is 9.59 Å². The molecule has 1 atom stereocenters. The molecule has 2 aromatic rings. The van der Waals surface area contributed by atoms with Gasteiger partial charge in [0.2, 0.25) is 11.8 Å². The van der Waals surface area contributed by atoms with Gasteiger partial charge >= 0.3 is 0 Å².